The summed E-state index contributed by atoms with van der Waals surface area (Å²) < 4.78 is 5.05. The highest BCUT2D eigenvalue weighted by Crippen LogP contribution is 2.31. The molecule has 1 amide bonds. The van der Waals surface area contributed by atoms with Crippen molar-refractivity contribution in [2.45, 2.75) is 25.5 Å². The van der Waals surface area contributed by atoms with Crippen LogP contribution in [0.25, 0.3) is 0 Å². The number of amides is 1. The van der Waals surface area contributed by atoms with Crippen molar-refractivity contribution in [1.82, 2.24) is 10.3 Å². The number of aliphatic hydroxyl groups excluding tert-OH is 1. The summed E-state index contributed by atoms with van der Waals surface area (Å²) in [6.45, 7) is 1.71. The van der Waals surface area contributed by atoms with Gasteiger partial charge < -0.3 is 14.8 Å². The summed E-state index contributed by atoms with van der Waals surface area (Å²) in [5.41, 5.74) is 2.56. The molecular formula is C14H14N2O3. The minimum absolute atomic E-state index is 0.191. The minimum Gasteiger partial charge on any atom is -0.438 e. The highest BCUT2D eigenvalue weighted by atomic mass is 16.3. The summed E-state index contributed by atoms with van der Waals surface area (Å²) in [6, 6.07) is 7.31. The van der Waals surface area contributed by atoms with E-state index in [1.807, 2.05) is 24.3 Å². The van der Waals surface area contributed by atoms with Gasteiger partial charge in [-0.25, -0.2) is 4.98 Å². The predicted molar refractivity (Wildman–Crippen MR) is 67.6 cm³/mol. The Morgan fingerprint density at radius 1 is 1.47 bits per heavy atom. The van der Waals surface area contributed by atoms with E-state index < -0.39 is 12.1 Å². The quantitative estimate of drug-likeness (QED) is 0.853. The lowest BCUT2D eigenvalue weighted by Gasteiger charge is -2.17. The predicted octanol–water partition coefficient (Wildman–Crippen LogP) is 1.37. The zero-order valence-corrected chi connectivity index (χ0v) is 10.5. The number of benzene rings is 1. The third-order valence-electron chi connectivity index (χ3n) is 3.44. The van der Waals surface area contributed by atoms with Crippen LogP contribution in [-0.2, 0) is 6.42 Å². The maximum Gasteiger partial charge on any atom is 0.289 e. The van der Waals surface area contributed by atoms with Gasteiger partial charge in [-0.15, -0.1) is 0 Å². The van der Waals surface area contributed by atoms with Crippen LogP contribution >= 0.6 is 0 Å². The Morgan fingerprint density at radius 3 is 3.00 bits per heavy atom. The van der Waals surface area contributed by atoms with Gasteiger partial charge in [0.2, 0.25) is 5.76 Å². The molecule has 3 rings (SSSR count). The van der Waals surface area contributed by atoms with E-state index in [9.17, 15) is 9.90 Å². The number of hydrogen-bond donors (Lipinski definition) is 2. The molecule has 0 saturated carbocycles. The van der Waals surface area contributed by atoms with Crippen molar-refractivity contribution in [3.63, 3.8) is 0 Å². The molecule has 1 aromatic carbocycles. The van der Waals surface area contributed by atoms with E-state index in [2.05, 4.69) is 10.3 Å². The first kappa shape index (κ1) is 11.9. The van der Waals surface area contributed by atoms with Gasteiger partial charge in [0.1, 0.15) is 0 Å². The molecule has 19 heavy (non-hydrogen) atoms. The van der Waals surface area contributed by atoms with Gasteiger partial charge in [-0.3, -0.25) is 4.79 Å². The van der Waals surface area contributed by atoms with Crippen molar-refractivity contribution in [1.29, 1.82) is 0 Å². The number of carbonyl (C=O) groups excluding carboxylic acids is 1. The molecule has 1 aliphatic rings. The highest BCUT2D eigenvalue weighted by Gasteiger charge is 2.32. The Hall–Kier alpha value is -2.14. The summed E-state index contributed by atoms with van der Waals surface area (Å²) in [7, 11) is 0. The Kier molecular flexibility index (Phi) is 2.83. The Labute approximate surface area is 110 Å². The first-order valence-electron chi connectivity index (χ1n) is 6.13. The topological polar surface area (TPSA) is 75.4 Å². The fraction of sp³-hybridized carbons (Fsp3) is 0.286. The van der Waals surface area contributed by atoms with Crippen LogP contribution in [-0.4, -0.2) is 22.1 Å². The molecule has 0 fully saturated rings. The molecule has 0 spiro atoms. The van der Waals surface area contributed by atoms with Gasteiger partial charge >= 0.3 is 0 Å². The van der Waals surface area contributed by atoms with E-state index in [1.54, 1.807) is 6.92 Å². The van der Waals surface area contributed by atoms with E-state index in [4.69, 9.17) is 4.42 Å². The van der Waals surface area contributed by atoms with E-state index in [0.717, 1.165) is 11.1 Å². The highest BCUT2D eigenvalue weighted by molar-refractivity contribution is 5.92. The molecule has 1 aliphatic carbocycles. The molecular weight excluding hydrogens is 244 g/mol. The molecule has 2 N–H and O–H groups in total. The number of aliphatic hydroxyl groups is 1. The molecule has 1 heterocycles. The lowest BCUT2D eigenvalue weighted by Crippen LogP contribution is -2.34. The Balaban J connectivity index is 1.84. The van der Waals surface area contributed by atoms with Gasteiger partial charge in [0.15, 0.2) is 6.39 Å². The van der Waals surface area contributed by atoms with E-state index in [0.29, 0.717) is 12.1 Å². The number of rotatable bonds is 2. The van der Waals surface area contributed by atoms with Gasteiger partial charge in [-0.05, 0) is 18.1 Å². The smallest absolute Gasteiger partial charge is 0.289 e. The minimum atomic E-state index is -0.607. The SMILES string of the molecule is Cc1ncoc1C(=O)N[C@H]1c2ccccc2C[C@H]1O. The first-order chi connectivity index (χ1) is 9.16. The zero-order valence-electron chi connectivity index (χ0n) is 10.5. The second-order valence-corrected chi connectivity index (χ2v) is 4.69. The molecule has 0 aliphatic heterocycles. The number of nitrogens with one attached hydrogen (secondary N) is 1. The molecule has 0 unspecified atom stereocenters. The van der Waals surface area contributed by atoms with Crippen LogP contribution in [0, 0.1) is 6.92 Å². The lowest BCUT2D eigenvalue weighted by molar-refractivity contribution is 0.0831. The van der Waals surface area contributed by atoms with Crippen LogP contribution in [0.15, 0.2) is 35.1 Å². The van der Waals surface area contributed by atoms with Gasteiger partial charge in [0, 0.05) is 6.42 Å². The average Bonchev–Trinajstić information content (AvgIpc) is 2.94. The van der Waals surface area contributed by atoms with Crippen molar-refractivity contribution in [3.8, 4) is 0 Å². The van der Waals surface area contributed by atoms with Crippen LogP contribution in [0.1, 0.15) is 33.4 Å². The summed E-state index contributed by atoms with van der Waals surface area (Å²) in [4.78, 5) is 16.0. The van der Waals surface area contributed by atoms with Crippen molar-refractivity contribution in [2.75, 3.05) is 0 Å². The van der Waals surface area contributed by atoms with Crippen LogP contribution in [0.2, 0.25) is 0 Å². The second kappa shape index (κ2) is 4.51. The summed E-state index contributed by atoms with van der Waals surface area (Å²) in [5.74, 6) is -0.160. The molecule has 0 bridgehead atoms. The number of carbonyl (C=O) groups is 1. The molecule has 0 radical (unpaired) electrons. The summed E-state index contributed by atoms with van der Waals surface area (Å²) in [6.07, 6.45) is 1.18. The third kappa shape index (κ3) is 2.02. The number of hydrogen-bond acceptors (Lipinski definition) is 4. The van der Waals surface area contributed by atoms with Gasteiger partial charge in [0.25, 0.3) is 5.91 Å². The maximum absolute atomic E-state index is 12.1. The van der Waals surface area contributed by atoms with Gasteiger partial charge in [-0.1, -0.05) is 24.3 Å². The number of nitrogens with zero attached hydrogens (tertiary/aromatic N) is 1. The number of aromatic nitrogens is 1. The molecule has 0 saturated heterocycles. The van der Waals surface area contributed by atoms with Crippen LogP contribution in [0.5, 0.6) is 0 Å². The number of oxazole rings is 1. The Bertz CT molecular complexity index is 621. The van der Waals surface area contributed by atoms with E-state index in [1.165, 1.54) is 6.39 Å². The number of aryl methyl sites for hydroxylation is 1. The fourth-order valence-corrected chi connectivity index (χ4v) is 2.47. The van der Waals surface area contributed by atoms with E-state index >= 15 is 0 Å². The monoisotopic (exact) mass is 258 g/mol. The summed E-state index contributed by atoms with van der Waals surface area (Å²) in [5, 5.41) is 12.9. The van der Waals surface area contributed by atoms with Crippen molar-refractivity contribution >= 4 is 5.91 Å². The molecule has 2 aromatic rings. The lowest BCUT2D eigenvalue weighted by atomic mass is 10.1. The first-order valence-corrected chi connectivity index (χ1v) is 6.13. The Morgan fingerprint density at radius 2 is 2.26 bits per heavy atom. The van der Waals surface area contributed by atoms with Crippen molar-refractivity contribution in [3.05, 3.63) is 53.2 Å². The molecule has 5 nitrogen and oxygen atoms in total. The molecule has 5 heteroatoms. The summed E-state index contributed by atoms with van der Waals surface area (Å²) >= 11 is 0. The van der Waals surface area contributed by atoms with Crippen LogP contribution in [0.3, 0.4) is 0 Å². The normalized spacial score (nSPS) is 21.2. The molecule has 2 atom stereocenters. The molecule has 1 aromatic heterocycles. The second-order valence-electron chi connectivity index (χ2n) is 4.69. The average molecular weight is 258 g/mol. The number of fused-ring (bicyclic) bond motifs is 1. The van der Waals surface area contributed by atoms with Crippen molar-refractivity contribution in [2.24, 2.45) is 0 Å². The van der Waals surface area contributed by atoms with Gasteiger partial charge in [-0.2, -0.15) is 0 Å². The third-order valence-corrected chi connectivity index (χ3v) is 3.44. The molecule has 98 valence electrons. The van der Waals surface area contributed by atoms with E-state index in [-0.39, 0.29) is 11.7 Å². The zero-order chi connectivity index (χ0) is 13.4. The van der Waals surface area contributed by atoms with Crippen LogP contribution in [0.4, 0.5) is 0 Å². The standard InChI is InChI=1S/C14H14N2O3/c1-8-13(19-7-15-8)14(18)16-12-10-5-3-2-4-9(10)6-11(12)17/h2-5,7,11-12,17H,6H2,1H3,(H,16,18)/t11-,12+/m1/s1. The van der Waals surface area contributed by atoms with Crippen LogP contribution < -0.4 is 5.32 Å². The van der Waals surface area contributed by atoms with Gasteiger partial charge in [0.05, 0.1) is 17.8 Å². The van der Waals surface area contributed by atoms with Crippen molar-refractivity contribution < 1.29 is 14.3 Å². The fourth-order valence-electron chi connectivity index (χ4n) is 2.47. The largest absolute Gasteiger partial charge is 0.438 e. The maximum atomic E-state index is 12.1.